The van der Waals surface area contributed by atoms with Crippen molar-refractivity contribution in [3.8, 4) is 22.9 Å². The van der Waals surface area contributed by atoms with Gasteiger partial charge in [0.25, 0.3) is 0 Å². The van der Waals surface area contributed by atoms with Gasteiger partial charge in [-0.05, 0) is 55.5 Å². The van der Waals surface area contributed by atoms with E-state index in [1.807, 2.05) is 59.2 Å². The first-order valence-corrected chi connectivity index (χ1v) is 11.7. The molecule has 1 aliphatic heterocycles. The maximum Gasteiger partial charge on any atom is 0.357 e. The number of hydrogen-bond acceptors (Lipinski definition) is 9. The molecule has 10 heteroatoms. The quantitative estimate of drug-likeness (QED) is 0.322. The summed E-state index contributed by atoms with van der Waals surface area (Å²) in [5, 5.41) is 4.23. The second-order valence-corrected chi connectivity index (χ2v) is 8.32. The van der Waals surface area contributed by atoms with Gasteiger partial charge in [0.05, 0.1) is 42.3 Å². The average molecular weight is 489 g/mol. The smallest absolute Gasteiger partial charge is 0.357 e. The molecule has 2 aromatic heterocycles. The molecule has 1 N–H and O–H groups in total. The normalized spacial score (nSPS) is 12.3. The summed E-state index contributed by atoms with van der Waals surface area (Å²) in [5.41, 5.74) is 4.84. The van der Waals surface area contributed by atoms with Gasteiger partial charge in [0, 0.05) is 17.1 Å². The van der Waals surface area contributed by atoms with Crippen LogP contribution in [0.15, 0.2) is 54.6 Å². The van der Waals surface area contributed by atoms with Crippen LogP contribution in [-0.2, 0) is 4.74 Å². The standard InChI is InChI=1S/C25H20N4O5S/c1-3-32-25(30)24-23(26-14-4-7-18-19(10-14)28-35-27-18)17-12-16(31-2)6-8-20(17)29(24)15-5-9-21-22(11-15)34-13-33-21/h4-12,26H,3,13H2,1-2H3. The van der Waals surface area contributed by atoms with Gasteiger partial charge in [0.1, 0.15) is 16.8 Å². The van der Waals surface area contributed by atoms with Crippen LogP contribution in [0.4, 0.5) is 11.4 Å². The number of nitrogens with one attached hydrogen (secondary N) is 1. The first-order valence-electron chi connectivity index (χ1n) is 10.9. The number of fused-ring (bicyclic) bond motifs is 3. The number of nitrogens with zero attached hydrogens (tertiary/aromatic N) is 3. The van der Waals surface area contributed by atoms with Crippen molar-refractivity contribution in [3.63, 3.8) is 0 Å². The van der Waals surface area contributed by atoms with Gasteiger partial charge in [-0.1, -0.05) is 0 Å². The van der Waals surface area contributed by atoms with Crippen LogP contribution < -0.4 is 19.5 Å². The molecule has 0 unspecified atom stereocenters. The predicted octanol–water partition coefficient (Wildman–Crippen LogP) is 5.29. The van der Waals surface area contributed by atoms with E-state index in [9.17, 15) is 4.79 Å². The van der Waals surface area contributed by atoms with E-state index < -0.39 is 5.97 Å². The highest BCUT2D eigenvalue weighted by atomic mass is 32.1. The average Bonchev–Trinajstić information content (AvgIpc) is 3.60. The van der Waals surface area contributed by atoms with E-state index in [2.05, 4.69) is 14.1 Å². The number of esters is 1. The van der Waals surface area contributed by atoms with Gasteiger partial charge < -0.3 is 28.8 Å². The second-order valence-electron chi connectivity index (χ2n) is 7.79. The zero-order chi connectivity index (χ0) is 23.9. The summed E-state index contributed by atoms with van der Waals surface area (Å²) >= 11 is 1.16. The van der Waals surface area contributed by atoms with Gasteiger partial charge in [0.15, 0.2) is 17.2 Å². The molecule has 3 heterocycles. The van der Waals surface area contributed by atoms with Crippen molar-refractivity contribution in [2.24, 2.45) is 0 Å². The SMILES string of the molecule is CCOC(=O)c1c(Nc2ccc3nsnc3c2)c2cc(OC)ccc2n1-c1ccc2c(c1)OCO2. The summed E-state index contributed by atoms with van der Waals surface area (Å²) in [4.78, 5) is 13.4. The lowest BCUT2D eigenvalue weighted by Gasteiger charge is -2.13. The minimum Gasteiger partial charge on any atom is -0.497 e. The summed E-state index contributed by atoms with van der Waals surface area (Å²) in [6.45, 7) is 2.18. The Balaban J connectivity index is 1.61. The van der Waals surface area contributed by atoms with Gasteiger partial charge in [-0.3, -0.25) is 0 Å². The molecule has 0 saturated heterocycles. The number of carbonyl (C=O) groups excluding carboxylic acids is 1. The summed E-state index contributed by atoms with van der Waals surface area (Å²) in [7, 11) is 1.61. The number of carbonyl (C=O) groups is 1. The number of aromatic nitrogens is 3. The third kappa shape index (κ3) is 3.58. The van der Waals surface area contributed by atoms with Crippen molar-refractivity contribution in [1.29, 1.82) is 0 Å². The molecular formula is C25H20N4O5S. The lowest BCUT2D eigenvalue weighted by atomic mass is 10.2. The number of methoxy groups -OCH3 is 1. The molecule has 5 aromatic rings. The maximum atomic E-state index is 13.4. The minimum absolute atomic E-state index is 0.161. The van der Waals surface area contributed by atoms with E-state index in [0.717, 1.165) is 45.0 Å². The molecule has 1 aliphatic rings. The Morgan fingerprint density at radius 2 is 1.91 bits per heavy atom. The fraction of sp³-hybridized carbons (Fsp3) is 0.160. The molecule has 0 saturated carbocycles. The van der Waals surface area contributed by atoms with E-state index in [1.165, 1.54) is 0 Å². The van der Waals surface area contributed by atoms with Gasteiger partial charge >= 0.3 is 5.97 Å². The molecule has 0 radical (unpaired) electrons. The fourth-order valence-electron chi connectivity index (χ4n) is 4.21. The van der Waals surface area contributed by atoms with E-state index in [0.29, 0.717) is 28.6 Å². The van der Waals surface area contributed by atoms with E-state index in [4.69, 9.17) is 18.9 Å². The molecule has 35 heavy (non-hydrogen) atoms. The molecule has 0 amide bonds. The third-order valence-corrected chi connectivity index (χ3v) is 6.34. The van der Waals surface area contributed by atoms with Crippen LogP contribution in [0, 0.1) is 0 Å². The first kappa shape index (κ1) is 21.2. The third-order valence-electron chi connectivity index (χ3n) is 5.78. The fourth-order valence-corrected chi connectivity index (χ4v) is 4.73. The summed E-state index contributed by atoms with van der Waals surface area (Å²) in [5.74, 6) is 1.48. The Labute approximate surface area is 204 Å². The molecule has 176 valence electrons. The van der Waals surface area contributed by atoms with Gasteiger partial charge in [-0.15, -0.1) is 0 Å². The van der Waals surface area contributed by atoms with Crippen molar-refractivity contribution in [3.05, 3.63) is 60.3 Å². The monoisotopic (exact) mass is 488 g/mol. The molecule has 3 aromatic carbocycles. The molecular weight excluding hydrogens is 468 g/mol. The molecule has 0 fully saturated rings. The van der Waals surface area contributed by atoms with Crippen LogP contribution in [-0.4, -0.2) is 39.8 Å². The maximum absolute atomic E-state index is 13.4. The van der Waals surface area contributed by atoms with Crippen molar-refractivity contribution in [2.45, 2.75) is 6.92 Å². The molecule has 0 bridgehead atoms. The number of ether oxygens (including phenoxy) is 4. The van der Waals surface area contributed by atoms with E-state index in [1.54, 1.807) is 14.0 Å². The first-order chi connectivity index (χ1) is 17.2. The van der Waals surface area contributed by atoms with Crippen LogP contribution in [0.5, 0.6) is 17.2 Å². The number of hydrogen-bond donors (Lipinski definition) is 1. The largest absolute Gasteiger partial charge is 0.497 e. The molecule has 6 rings (SSSR count). The van der Waals surface area contributed by atoms with Crippen LogP contribution in [0.2, 0.25) is 0 Å². The van der Waals surface area contributed by atoms with Crippen molar-refractivity contribution in [2.75, 3.05) is 25.8 Å². The Morgan fingerprint density at radius 1 is 1.06 bits per heavy atom. The zero-order valence-corrected chi connectivity index (χ0v) is 19.7. The summed E-state index contributed by atoms with van der Waals surface area (Å²) in [6.07, 6.45) is 0. The number of benzene rings is 3. The Morgan fingerprint density at radius 3 is 2.77 bits per heavy atom. The number of anilines is 2. The molecule has 0 spiro atoms. The van der Waals surface area contributed by atoms with Crippen LogP contribution >= 0.6 is 11.7 Å². The highest BCUT2D eigenvalue weighted by Gasteiger charge is 2.27. The zero-order valence-electron chi connectivity index (χ0n) is 18.9. The Hall–Kier alpha value is -4.31. The Bertz CT molecular complexity index is 1590. The van der Waals surface area contributed by atoms with Gasteiger partial charge in [-0.2, -0.15) is 8.75 Å². The second kappa shape index (κ2) is 8.48. The Kier molecular flexibility index (Phi) is 5.14. The van der Waals surface area contributed by atoms with Crippen molar-refractivity contribution >= 4 is 51.0 Å². The van der Waals surface area contributed by atoms with Crippen LogP contribution in [0.1, 0.15) is 17.4 Å². The number of rotatable bonds is 6. The van der Waals surface area contributed by atoms with Gasteiger partial charge in [0.2, 0.25) is 6.79 Å². The lowest BCUT2D eigenvalue weighted by molar-refractivity contribution is 0.0518. The molecule has 9 nitrogen and oxygen atoms in total. The summed E-state index contributed by atoms with van der Waals surface area (Å²) < 4.78 is 32.5. The van der Waals surface area contributed by atoms with Gasteiger partial charge in [-0.25, -0.2) is 4.79 Å². The highest BCUT2D eigenvalue weighted by Crippen LogP contribution is 2.41. The van der Waals surface area contributed by atoms with Crippen molar-refractivity contribution in [1.82, 2.24) is 13.3 Å². The predicted molar refractivity (Wildman–Crippen MR) is 133 cm³/mol. The highest BCUT2D eigenvalue weighted by molar-refractivity contribution is 7.00. The lowest BCUT2D eigenvalue weighted by Crippen LogP contribution is -2.13. The minimum atomic E-state index is -0.459. The molecule has 0 aliphatic carbocycles. The van der Waals surface area contributed by atoms with Crippen LogP contribution in [0.25, 0.3) is 27.6 Å². The summed E-state index contributed by atoms with van der Waals surface area (Å²) in [6, 6.07) is 16.9. The van der Waals surface area contributed by atoms with E-state index >= 15 is 0 Å². The topological polar surface area (TPSA) is 96.7 Å². The van der Waals surface area contributed by atoms with E-state index in [-0.39, 0.29) is 13.4 Å². The molecule has 0 atom stereocenters. The van der Waals surface area contributed by atoms with Crippen LogP contribution in [0.3, 0.4) is 0 Å². The van der Waals surface area contributed by atoms with Crippen molar-refractivity contribution < 1.29 is 23.7 Å².